The van der Waals surface area contributed by atoms with Crippen LogP contribution in [0.25, 0.3) is 21.7 Å². The Morgan fingerprint density at radius 1 is 1.03 bits per heavy atom. The van der Waals surface area contributed by atoms with Crippen molar-refractivity contribution in [2.24, 2.45) is 11.8 Å². The van der Waals surface area contributed by atoms with E-state index >= 15 is 0 Å². The van der Waals surface area contributed by atoms with E-state index in [0.717, 1.165) is 48.3 Å². The standard InChI is InChI=1S/C26H29N3O3S/c1-2-3-7-17-12-14-18(15-13-17)23(30)27-26-29-28-24(33-26)22-11-5-4-10-21(22)19-8-6-9-20(16-19)25(31)32/h4-6,8-11,16-18H,2-3,7,12-15H2,1H3,(H,31,32)(H,27,29,30). The van der Waals surface area contributed by atoms with Crippen LogP contribution in [-0.4, -0.2) is 27.2 Å². The first-order valence-corrected chi connectivity index (χ1v) is 12.4. The summed E-state index contributed by atoms with van der Waals surface area (Å²) in [5.41, 5.74) is 2.76. The molecule has 0 unspecified atom stereocenters. The van der Waals surface area contributed by atoms with Crippen LogP contribution in [0.2, 0.25) is 0 Å². The molecule has 0 aliphatic heterocycles. The monoisotopic (exact) mass is 463 g/mol. The van der Waals surface area contributed by atoms with Crippen LogP contribution >= 0.6 is 11.3 Å². The number of hydrogen-bond donors (Lipinski definition) is 2. The molecule has 2 aromatic carbocycles. The molecule has 33 heavy (non-hydrogen) atoms. The van der Waals surface area contributed by atoms with Gasteiger partial charge in [-0.1, -0.05) is 73.9 Å². The highest BCUT2D eigenvalue weighted by molar-refractivity contribution is 7.18. The molecule has 0 radical (unpaired) electrons. The van der Waals surface area contributed by atoms with Gasteiger partial charge >= 0.3 is 5.97 Å². The van der Waals surface area contributed by atoms with E-state index in [0.29, 0.717) is 10.1 Å². The lowest BCUT2D eigenvalue weighted by molar-refractivity contribution is -0.121. The molecule has 1 saturated carbocycles. The number of hydrogen-bond acceptors (Lipinski definition) is 5. The molecule has 172 valence electrons. The summed E-state index contributed by atoms with van der Waals surface area (Å²) in [4.78, 5) is 24.2. The smallest absolute Gasteiger partial charge is 0.335 e. The van der Waals surface area contributed by atoms with Crippen molar-refractivity contribution < 1.29 is 14.7 Å². The molecule has 1 fully saturated rings. The molecule has 6 nitrogen and oxygen atoms in total. The van der Waals surface area contributed by atoms with Crippen LogP contribution in [0.3, 0.4) is 0 Å². The van der Waals surface area contributed by atoms with Crippen LogP contribution in [0.4, 0.5) is 5.13 Å². The highest BCUT2D eigenvalue weighted by atomic mass is 32.1. The van der Waals surface area contributed by atoms with E-state index in [1.807, 2.05) is 30.3 Å². The third kappa shape index (κ3) is 5.66. The topological polar surface area (TPSA) is 92.2 Å². The summed E-state index contributed by atoms with van der Waals surface area (Å²) in [5, 5.41) is 22.0. The van der Waals surface area contributed by atoms with Gasteiger partial charge in [-0.15, -0.1) is 10.2 Å². The minimum Gasteiger partial charge on any atom is -0.478 e. The fourth-order valence-corrected chi connectivity index (χ4v) is 5.32. The van der Waals surface area contributed by atoms with Gasteiger partial charge in [-0.3, -0.25) is 4.79 Å². The van der Waals surface area contributed by atoms with E-state index in [-0.39, 0.29) is 17.4 Å². The van der Waals surface area contributed by atoms with Gasteiger partial charge in [0.2, 0.25) is 11.0 Å². The molecular weight excluding hydrogens is 434 g/mol. The van der Waals surface area contributed by atoms with Gasteiger partial charge < -0.3 is 10.4 Å². The zero-order chi connectivity index (χ0) is 23.2. The zero-order valence-electron chi connectivity index (χ0n) is 18.8. The summed E-state index contributed by atoms with van der Waals surface area (Å²) in [6.07, 6.45) is 7.91. The molecule has 0 bridgehead atoms. The molecule has 1 aliphatic carbocycles. The Balaban J connectivity index is 1.46. The molecule has 1 aliphatic rings. The highest BCUT2D eigenvalue weighted by Crippen LogP contribution is 2.36. The number of amides is 1. The van der Waals surface area contributed by atoms with E-state index < -0.39 is 5.97 Å². The lowest BCUT2D eigenvalue weighted by Crippen LogP contribution is -2.27. The number of aromatic nitrogens is 2. The van der Waals surface area contributed by atoms with Crippen molar-refractivity contribution in [3.05, 3.63) is 54.1 Å². The molecule has 0 spiro atoms. The number of carbonyl (C=O) groups excluding carboxylic acids is 1. The molecule has 0 atom stereocenters. The first kappa shape index (κ1) is 23.1. The first-order valence-electron chi connectivity index (χ1n) is 11.6. The van der Waals surface area contributed by atoms with Crippen molar-refractivity contribution in [1.82, 2.24) is 10.2 Å². The Hall–Kier alpha value is -3.06. The molecule has 4 rings (SSSR count). The molecule has 2 N–H and O–H groups in total. The predicted octanol–water partition coefficient (Wildman–Crippen LogP) is 6.51. The van der Waals surface area contributed by atoms with Crippen molar-refractivity contribution in [2.45, 2.75) is 51.9 Å². The maximum absolute atomic E-state index is 12.8. The van der Waals surface area contributed by atoms with Gasteiger partial charge in [0.05, 0.1) is 5.56 Å². The molecular formula is C26H29N3O3S. The third-order valence-corrected chi connectivity index (χ3v) is 7.29. The number of rotatable bonds is 8. The van der Waals surface area contributed by atoms with Crippen molar-refractivity contribution in [3.8, 4) is 21.7 Å². The number of carbonyl (C=O) groups is 2. The highest BCUT2D eigenvalue weighted by Gasteiger charge is 2.26. The maximum atomic E-state index is 12.8. The van der Waals surface area contributed by atoms with Gasteiger partial charge in [-0.25, -0.2) is 4.79 Å². The Morgan fingerprint density at radius 3 is 2.52 bits per heavy atom. The van der Waals surface area contributed by atoms with Crippen LogP contribution in [0.5, 0.6) is 0 Å². The summed E-state index contributed by atoms with van der Waals surface area (Å²) >= 11 is 1.34. The summed E-state index contributed by atoms with van der Waals surface area (Å²) < 4.78 is 0. The maximum Gasteiger partial charge on any atom is 0.335 e. The minimum atomic E-state index is -0.963. The number of unbranched alkanes of at least 4 members (excludes halogenated alkanes) is 1. The lowest BCUT2D eigenvalue weighted by atomic mass is 9.79. The van der Waals surface area contributed by atoms with Crippen LogP contribution in [-0.2, 0) is 4.79 Å². The summed E-state index contributed by atoms with van der Waals surface area (Å²) in [6.45, 7) is 2.22. The van der Waals surface area contributed by atoms with Crippen LogP contribution in [0, 0.1) is 11.8 Å². The summed E-state index contributed by atoms with van der Waals surface area (Å²) in [5.74, 6) is -0.122. The molecule has 7 heteroatoms. The van der Waals surface area contributed by atoms with Crippen LogP contribution in [0.1, 0.15) is 62.2 Å². The van der Waals surface area contributed by atoms with Gasteiger partial charge in [0.1, 0.15) is 5.01 Å². The fourth-order valence-electron chi connectivity index (χ4n) is 4.54. The molecule has 1 amide bonds. The quantitative estimate of drug-likeness (QED) is 0.397. The van der Waals surface area contributed by atoms with Gasteiger partial charge in [0.15, 0.2) is 0 Å². The summed E-state index contributed by atoms with van der Waals surface area (Å²) in [7, 11) is 0. The van der Waals surface area contributed by atoms with Gasteiger partial charge in [0, 0.05) is 11.5 Å². The third-order valence-electron chi connectivity index (χ3n) is 6.42. The second kappa shape index (κ2) is 10.7. The van der Waals surface area contributed by atoms with E-state index in [1.165, 1.54) is 30.6 Å². The van der Waals surface area contributed by atoms with Crippen molar-refractivity contribution >= 4 is 28.3 Å². The van der Waals surface area contributed by atoms with Crippen LogP contribution < -0.4 is 5.32 Å². The van der Waals surface area contributed by atoms with Crippen molar-refractivity contribution in [1.29, 1.82) is 0 Å². The Bertz CT molecular complexity index is 1120. The number of carboxylic acids is 1. The Labute approximate surface area is 198 Å². The number of benzene rings is 2. The number of anilines is 1. The van der Waals surface area contributed by atoms with E-state index in [9.17, 15) is 14.7 Å². The minimum absolute atomic E-state index is 0.0362. The second-order valence-electron chi connectivity index (χ2n) is 8.69. The first-order chi connectivity index (χ1) is 16.0. The number of nitrogens with one attached hydrogen (secondary N) is 1. The lowest BCUT2D eigenvalue weighted by Gasteiger charge is -2.27. The Kier molecular flexibility index (Phi) is 7.50. The van der Waals surface area contributed by atoms with Gasteiger partial charge in [-0.05, 0) is 54.9 Å². The number of aromatic carboxylic acids is 1. The molecule has 3 aromatic rings. The van der Waals surface area contributed by atoms with E-state index in [1.54, 1.807) is 18.2 Å². The van der Waals surface area contributed by atoms with E-state index in [4.69, 9.17) is 0 Å². The average Bonchev–Trinajstić information content (AvgIpc) is 3.31. The largest absolute Gasteiger partial charge is 0.478 e. The van der Waals surface area contributed by atoms with Crippen LogP contribution in [0.15, 0.2) is 48.5 Å². The molecule has 0 saturated heterocycles. The zero-order valence-corrected chi connectivity index (χ0v) is 19.6. The molecule has 1 aromatic heterocycles. The van der Waals surface area contributed by atoms with E-state index in [2.05, 4.69) is 22.4 Å². The summed E-state index contributed by atoms with van der Waals surface area (Å²) in [6, 6.07) is 14.5. The normalized spacial score (nSPS) is 18.1. The number of nitrogens with zero attached hydrogens (tertiary/aromatic N) is 2. The van der Waals surface area contributed by atoms with Crippen molar-refractivity contribution in [3.63, 3.8) is 0 Å². The Morgan fingerprint density at radius 2 is 1.79 bits per heavy atom. The van der Waals surface area contributed by atoms with Gasteiger partial charge in [-0.2, -0.15) is 0 Å². The fraction of sp³-hybridized carbons (Fsp3) is 0.385. The van der Waals surface area contributed by atoms with Crippen molar-refractivity contribution in [2.75, 3.05) is 5.32 Å². The SMILES string of the molecule is CCCCC1CCC(C(=O)Nc2nnc(-c3ccccc3-c3cccc(C(=O)O)c3)s2)CC1. The predicted molar refractivity (Wildman–Crippen MR) is 131 cm³/mol. The number of carboxylic acid groups (broad SMARTS) is 1. The second-order valence-corrected chi connectivity index (χ2v) is 9.67. The average molecular weight is 464 g/mol. The molecule has 1 heterocycles. The van der Waals surface area contributed by atoms with Gasteiger partial charge in [0.25, 0.3) is 0 Å².